The third-order valence-electron chi connectivity index (χ3n) is 4.38. The van der Waals surface area contributed by atoms with Crippen molar-refractivity contribution < 1.29 is 0 Å². The molecule has 0 radical (unpaired) electrons. The van der Waals surface area contributed by atoms with Gasteiger partial charge < -0.3 is 9.88 Å². The molecule has 5 rings (SSSR count). The van der Waals surface area contributed by atoms with E-state index in [1.165, 1.54) is 24.2 Å². The quantitative estimate of drug-likeness (QED) is 0.614. The Morgan fingerprint density at radius 1 is 1.22 bits per heavy atom. The van der Waals surface area contributed by atoms with Gasteiger partial charge in [0.2, 0.25) is 0 Å². The molecule has 5 nitrogen and oxygen atoms in total. The van der Waals surface area contributed by atoms with Crippen LogP contribution in [0, 0.1) is 0 Å². The van der Waals surface area contributed by atoms with E-state index in [1.807, 2.05) is 11.4 Å². The fourth-order valence-electron chi connectivity index (χ4n) is 3.03. The highest BCUT2D eigenvalue weighted by Crippen LogP contribution is 2.40. The van der Waals surface area contributed by atoms with Crippen LogP contribution in [0.5, 0.6) is 0 Å². The van der Waals surface area contributed by atoms with Gasteiger partial charge in [0.1, 0.15) is 22.8 Å². The third kappa shape index (κ3) is 2.09. The highest BCUT2D eigenvalue weighted by atomic mass is 32.1. The second-order valence-corrected chi connectivity index (χ2v) is 6.89. The maximum absolute atomic E-state index is 4.82. The summed E-state index contributed by atoms with van der Waals surface area (Å²) in [6, 6.07) is 8.36. The topological polar surface area (TPSA) is 55.6 Å². The van der Waals surface area contributed by atoms with E-state index in [0.717, 1.165) is 27.2 Å². The molecule has 1 N–H and O–H groups in total. The number of aryl methyl sites for hydroxylation is 1. The van der Waals surface area contributed by atoms with Gasteiger partial charge in [-0.3, -0.25) is 0 Å². The first-order valence-corrected chi connectivity index (χ1v) is 8.59. The number of thiophene rings is 1. The van der Waals surface area contributed by atoms with Gasteiger partial charge in [-0.25, -0.2) is 15.0 Å². The predicted octanol–water partition coefficient (Wildman–Crippen LogP) is 4.20. The molecule has 0 spiro atoms. The number of benzene rings is 1. The van der Waals surface area contributed by atoms with Crippen LogP contribution in [0.15, 0.2) is 36.0 Å². The lowest BCUT2D eigenvalue weighted by Crippen LogP contribution is -1.95. The Labute approximate surface area is 137 Å². The van der Waals surface area contributed by atoms with E-state index in [2.05, 4.69) is 45.1 Å². The highest BCUT2D eigenvalue weighted by molar-refractivity contribution is 7.16. The molecule has 1 saturated carbocycles. The average molecular weight is 321 g/mol. The van der Waals surface area contributed by atoms with Crippen molar-refractivity contribution in [2.24, 2.45) is 7.05 Å². The lowest BCUT2D eigenvalue weighted by atomic mass is 10.2. The first-order valence-electron chi connectivity index (χ1n) is 7.71. The summed E-state index contributed by atoms with van der Waals surface area (Å²) < 4.78 is 2.22. The van der Waals surface area contributed by atoms with Crippen LogP contribution >= 0.6 is 11.3 Å². The van der Waals surface area contributed by atoms with Gasteiger partial charge in [-0.2, -0.15) is 0 Å². The minimum absolute atomic E-state index is 0.649. The molecule has 4 aromatic rings. The van der Waals surface area contributed by atoms with Crippen molar-refractivity contribution in [1.29, 1.82) is 0 Å². The maximum Gasteiger partial charge on any atom is 0.142 e. The highest BCUT2D eigenvalue weighted by Gasteiger charge is 2.28. The van der Waals surface area contributed by atoms with E-state index in [1.54, 1.807) is 17.7 Å². The van der Waals surface area contributed by atoms with Gasteiger partial charge in [0.15, 0.2) is 0 Å². The van der Waals surface area contributed by atoms with E-state index in [9.17, 15) is 0 Å². The van der Waals surface area contributed by atoms with Crippen LogP contribution in [0.4, 0.5) is 11.5 Å². The number of rotatable bonds is 3. The molecule has 0 unspecified atom stereocenters. The molecule has 0 saturated heterocycles. The summed E-state index contributed by atoms with van der Waals surface area (Å²) in [6.45, 7) is 0. The molecule has 1 aliphatic rings. The molecule has 3 aromatic heterocycles. The van der Waals surface area contributed by atoms with Gasteiger partial charge >= 0.3 is 0 Å². The molecule has 0 bridgehead atoms. The summed E-state index contributed by atoms with van der Waals surface area (Å²) >= 11 is 1.62. The SMILES string of the molecule is Cn1c(C2CC2)nc2cc(Nc3ncnc4sccc34)ccc21. The fourth-order valence-corrected chi connectivity index (χ4v) is 3.76. The zero-order valence-electron chi connectivity index (χ0n) is 12.7. The number of aromatic nitrogens is 4. The first-order chi connectivity index (χ1) is 11.3. The fraction of sp³-hybridized carbons (Fsp3) is 0.235. The van der Waals surface area contributed by atoms with Crippen molar-refractivity contribution in [2.75, 3.05) is 5.32 Å². The van der Waals surface area contributed by atoms with Gasteiger partial charge in [-0.05, 0) is 42.5 Å². The van der Waals surface area contributed by atoms with Gasteiger partial charge in [-0.15, -0.1) is 11.3 Å². The summed E-state index contributed by atoms with van der Waals surface area (Å²) in [5.41, 5.74) is 3.22. The Kier molecular flexibility index (Phi) is 2.69. The Morgan fingerprint density at radius 2 is 2.13 bits per heavy atom. The lowest BCUT2D eigenvalue weighted by Gasteiger charge is -2.06. The van der Waals surface area contributed by atoms with Gasteiger partial charge in [0.05, 0.1) is 16.4 Å². The number of hydrogen-bond donors (Lipinski definition) is 1. The average Bonchev–Trinajstić information content (AvgIpc) is 3.19. The maximum atomic E-state index is 4.82. The smallest absolute Gasteiger partial charge is 0.142 e. The minimum atomic E-state index is 0.649. The van der Waals surface area contributed by atoms with E-state index in [0.29, 0.717) is 5.92 Å². The Hall–Kier alpha value is -2.47. The molecule has 3 heterocycles. The number of fused-ring (bicyclic) bond motifs is 2. The Morgan fingerprint density at radius 3 is 3.00 bits per heavy atom. The molecule has 114 valence electrons. The van der Waals surface area contributed by atoms with Gasteiger partial charge in [0.25, 0.3) is 0 Å². The standard InChI is InChI=1S/C17H15N5S/c1-22-14-5-4-11(8-13(14)21-16(22)10-2-3-10)20-15-12-6-7-23-17(12)19-9-18-15/h4-10H,2-3H2,1H3,(H,18,19,20). The molecule has 0 aliphatic heterocycles. The molecular formula is C17H15N5S. The van der Waals surface area contributed by atoms with E-state index >= 15 is 0 Å². The normalized spacial score (nSPS) is 14.7. The number of imidazole rings is 1. The van der Waals surface area contributed by atoms with Crippen molar-refractivity contribution in [2.45, 2.75) is 18.8 Å². The van der Waals surface area contributed by atoms with Crippen LogP contribution in [0.2, 0.25) is 0 Å². The number of nitrogens with zero attached hydrogens (tertiary/aromatic N) is 4. The van der Waals surface area contributed by atoms with Crippen molar-refractivity contribution in [3.63, 3.8) is 0 Å². The third-order valence-corrected chi connectivity index (χ3v) is 5.20. The van der Waals surface area contributed by atoms with Crippen LogP contribution in [-0.4, -0.2) is 19.5 Å². The molecule has 6 heteroatoms. The molecule has 0 amide bonds. The van der Waals surface area contributed by atoms with Crippen molar-refractivity contribution in [1.82, 2.24) is 19.5 Å². The van der Waals surface area contributed by atoms with Crippen LogP contribution in [0.3, 0.4) is 0 Å². The predicted molar refractivity (Wildman–Crippen MR) is 93.4 cm³/mol. The Bertz CT molecular complexity index is 1030. The zero-order valence-corrected chi connectivity index (χ0v) is 13.5. The second kappa shape index (κ2) is 4.76. The van der Waals surface area contributed by atoms with E-state index in [4.69, 9.17) is 4.98 Å². The van der Waals surface area contributed by atoms with Crippen molar-refractivity contribution >= 4 is 44.1 Å². The molecule has 23 heavy (non-hydrogen) atoms. The molecule has 1 aromatic carbocycles. The van der Waals surface area contributed by atoms with E-state index < -0.39 is 0 Å². The molecule has 0 atom stereocenters. The molecule has 1 aliphatic carbocycles. The summed E-state index contributed by atoms with van der Waals surface area (Å²) in [6.07, 6.45) is 4.13. The first kappa shape index (κ1) is 13.0. The van der Waals surface area contributed by atoms with Crippen LogP contribution in [0.1, 0.15) is 24.6 Å². The summed E-state index contributed by atoms with van der Waals surface area (Å²) in [7, 11) is 2.11. The number of hydrogen-bond acceptors (Lipinski definition) is 5. The van der Waals surface area contributed by atoms with Crippen molar-refractivity contribution in [3.8, 4) is 0 Å². The molecule has 1 fully saturated rings. The Balaban J connectivity index is 1.56. The van der Waals surface area contributed by atoms with Gasteiger partial charge in [0, 0.05) is 18.7 Å². The minimum Gasteiger partial charge on any atom is -0.340 e. The summed E-state index contributed by atoms with van der Waals surface area (Å²) in [4.78, 5) is 14.5. The van der Waals surface area contributed by atoms with Gasteiger partial charge in [-0.1, -0.05) is 0 Å². The zero-order chi connectivity index (χ0) is 15.4. The number of anilines is 2. The monoisotopic (exact) mass is 321 g/mol. The summed E-state index contributed by atoms with van der Waals surface area (Å²) in [5, 5.41) is 6.49. The van der Waals surface area contributed by atoms with Crippen LogP contribution < -0.4 is 5.32 Å². The van der Waals surface area contributed by atoms with Crippen molar-refractivity contribution in [3.05, 3.63) is 41.8 Å². The largest absolute Gasteiger partial charge is 0.340 e. The van der Waals surface area contributed by atoms with E-state index in [-0.39, 0.29) is 0 Å². The lowest BCUT2D eigenvalue weighted by molar-refractivity contribution is 0.820. The van der Waals surface area contributed by atoms with Crippen LogP contribution in [0.25, 0.3) is 21.3 Å². The summed E-state index contributed by atoms with van der Waals surface area (Å²) in [5.74, 6) is 2.70. The second-order valence-electron chi connectivity index (χ2n) is 5.99. The number of nitrogens with one attached hydrogen (secondary N) is 1. The van der Waals surface area contributed by atoms with Crippen LogP contribution in [-0.2, 0) is 7.05 Å². The molecular weight excluding hydrogens is 306 g/mol.